The van der Waals surface area contributed by atoms with Gasteiger partial charge in [0.25, 0.3) is 0 Å². The lowest BCUT2D eigenvalue weighted by atomic mass is 9.74. The fourth-order valence-corrected chi connectivity index (χ4v) is 8.18. The summed E-state index contributed by atoms with van der Waals surface area (Å²) < 4.78 is 26.8. The zero-order valence-electron chi connectivity index (χ0n) is 26.4. The number of nitrogens with zero attached hydrogens (tertiary/aromatic N) is 3. The van der Waals surface area contributed by atoms with Gasteiger partial charge < -0.3 is 15.5 Å². The van der Waals surface area contributed by atoms with Crippen molar-refractivity contribution in [3.05, 3.63) is 101 Å². The van der Waals surface area contributed by atoms with Crippen molar-refractivity contribution < 1.29 is 22.8 Å². The van der Waals surface area contributed by atoms with Crippen LogP contribution in [0.15, 0.2) is 78.9 Å². The Kier molecular flexibility index (Phi) is 9.70. The number of halogens is 1. The molecule has 3 heterocycles. The van der Waals surface area contributed by atoms with Crippen LogP contribution < -0.4 is 14.9 Å². The van der Waals surface area contributed by atoms with Gasteiger partial charge in [-0.1, -0.05) is 72.3 Å². The number of carbonyl (C=O) groups excluding carboxylic acids is 3. The molecule has 2 amide bonds. The first kappa shape index (κ1) is 33.1. The number of sulfonamides is 1. The van der Waals surface area contributed by atoms with Gasteiger partial charge in [-0.05, 0) is 42.2 Å². The van der Waals surface area contributed by atoms with Crippen molar-refractivity contribution in [3.8, 4) is 0 Å². The first-order chi connectivity index (χ1) is 22.5. The third-order valence-electron chi connectivity index (χ3n) is 9.63. The maximum absolute atomic E-state index is 14.1. The topological polar surface area (TPSA) is 119 Å². The second kappa shape index (κ2) is 13.8. The zero-order valence-corrected chi connectivity index (χ0v) is 28.0. The summed E-state index contributed by atoms with van der Waals surface area (Å²) in [5.41, 5.74) is 2.83. The van der Waals surface area contributed by atoms with Crippen molar-refractivity contribution in [1.82, 2.24) is 20.4 Å². The number of fused-ring (bicyclic) bond motifs is 2. The van der Waals surface area contributed by atoms with Gasteiger partial charge >= 0.3 is 0 Å². The van der Waals surface area contributed by atoms with Gasteiger partial charge in [0.1, 0.15) is 6.04 Å². The molecule has 0 unspecified atom stereocenters. The predicted octanol–water partition coefficient (Wildman–Crippen LogP) is 2.86. The number of ketones is 1. The molecule has 2 saturated heterocycles. The molecule has 0 radical (unpaired) electrons. The fraction of sp³-hybridized carbons (Fsp3) is 0.400. The van der Waals surface area contributed by atoms with Crippen molar-refractivity contribution >= 4 is 44.9 Å². The summed E-state index contributed by atoms with van der Waals surface area (Å²) in [4.78, 5) is 44.4. The number of amides is 2. The predicted molar refractivity (Wildman–Crippen MR) is 182 cm³/mol. The van der Waals surface area contributed by atoms with E-state index in [1.54, 1.807) is 29.2 Å². The Morgan fingerprint density at radius 2 is 1.64 bits per heavy atom. The molecular formula is C35H40ClN5O5S. The first-order valence-electron chi connectivity index (χ1n) is 16.0. The van der Waals surface area contributed by atoms with Crippen molar-refractivity contribution in [2.45, 2.75) is 36.8 Å². The Balaban J connectivity index is 1.14. The monoisotopic (exact) mass is 677 g/mol. The van der Waals surface area contributed by atoms with Crippen LogP contribution >= 0.6 is 11.6 Å². The van der Waals surface area contributed by atoms with Crippen LogP contribution in [0.3, 0.4) is 0 Å². The summed E-state index contributed by atoms with van der Waals surface area (Å²) in [6, 6.07) is 22.6. The van der Waals surface area contributed by atoms with E-state index in [9.17, 15) is 22.8 Å². The largest absolute Gasteiger partial charge is 0.343 e. The molecule has 0 saturated carbocycles. The lowest BCUT2D eigenvalue weighted by Crippen LogP contribution is -2.61. The highest BCUT2D eigenvalue weighted by atomic mass is 35.5. The molecule has 2 fully saturated rings. The number of likely N-dealkylation sites (tertiary alicyclic amines) is 1. The van der Waals surface area contributed by atoms with E-state index in [1.807, 2.05) is 59.5 Å². The molecule has 0 bridgehead atoms. The van der Waals surface area contributed by atoms with E-state index in [-0.39, 0.29) is 36.0 Å². The molecule has 0 aliphatic carbocycles. The summed E-state index contributed by atoms with van der Waals surface area (Å²) in [7, 11) is -3.45. The number of rotatable bonds is 9. The van der Waals surface area contributed by atoms with Crippen molar-refractivity contribution in [1.29, 1.82) is 0 Å². The Morgan fingerprint density at radius 1 is 0.957 bits per heavy atom. The van der Waals surface area contributed by atoms with Crippen LogP contribution in [0, 0.1) is 0 Å². The molecule has 10 nitrogen and oxygen atoms in total. The standard InChI is InChI=1S/C35H40ClN5O5S/c1-47(45,46)41-24-35(28-9-5-6-10-31(28)41)15-18-40(19-16-35)34(44)29(21-25-11-13-27(36)14-12-25)38-33(43)30-22-39(20-17-37-30)23-32(42)26-7-3-2-4-8-26/h2-14,29-30,37H,15-24H2,1H3,(H,38,43)/t29-,30+/m1/s1. The lowest BCUT2D eigenvalue weighted by Gasteiger charge is -2.41. The number of piperidine rings is 1. The van der Waals surface area contributed by atoms with E-state index in [1.165, 1.54) is 10.6 Å². The van der Waals surface area contributed by atoms with Crippen molar-refractivity contribution in [2.75, 3.05) is 56.4 Å². The minimum Gasteiger partial charge on any atom is -0.343 e. The quantitative estimate of drug-likeness (QED) is 0.335. The van der Waals surface area contributed by atoms with E-state index in [0.717, 1.165) is 11.1 Å². The summed E-state index contributed by atoms with van der Waals surface area (Å²) >= 11 is 6.12. The summed E-state index contributed by atoms with van der Waals surface area (Å²) in [5, 5.41) is 6.87. The van der Waals surface area contributed by atoms with Crippen molar-refractivity contribution in [3.63, 3.8) is 0 Å². The van der Waals surface area contributed by atoms with E-state index in [4.69, 9.17) is 11.6 Å². The average molecular weight is 678 g/mol. The second-order valence-corrected chi connectivity index (χ2v) is 15.2. The van der Waals surface area contributed by atoms with Crippen LogP contribution in [0.2, 0.25) is 5.02 Å². The molecule has 2 atom stereocenters. The minimum absolute atomic E-state index is 0.00476. The molecule has 0 aromatic heterocycles. The Hall–Kier alpha value is -3.77. The van der Waals surface area contributed by atoms with Gasteiger partial charge in [0.05, 0.1) is 24.5 Å². The highest BCUT2D eigenvalue weighted by Gasteiger charge is 2.48. The number of nitrogens with one attached hydrogen (secondary N) is 2. The zero-order chi connectivity index (χ0) is 33.2. The van der Waals surface area contributed by atoms with Gasteiger partial charge in [0, 0.05) is 61.7 Å². The molecule has 2 N–H and O–H groups in total. The summed E-state index contributed by atoms with van der Waals surface area (Å²) in [6.45, 7) is 2.95. The Morgan fingerprint density at radius 3 is 2.34 bits per heavy atom. The van der Waals surface area contributed by atoms with Gasteiger partial charge in [-0.2, -0.15) is 0 Å². The second-order valence-electron chi connectivity index (χ2n) is 12.8. The van der Waals surface area contributed by atoms with E-state index < -0.39 is 22.1 Å². The first-order valence-corrected chi connectivity index (χ1v) is 18.2. The molecule has 12 heteroatoms. The van der Waals surface area contributed by atoms with Gasteiger partial charge in [-0.25, -0.2) is 8.42 Å². The molecule has 1 spiro atoms. The number of hydrogen-bond acceptors (Lipinski definition) is 7. The van der Waals surface area contributed by atoms with Crippen LogP contribution in [-0.4, -0.2) is 100.0 Å². The Bertz CT molecular complexity index is 1730. The number of carbonyl (C=O) groups is 3. The van der Waals surface area contributed by atoms with Crippen LogP contribution in [0.5, 0.6) is 0 Å². The molecule has 3 aromatic rings. The molecule has 3 aliphatic rings. The third kappa shape index (κ3) is 7.38. The van der Waals surface area contributed by atoms with Gasteiger partial charge in [-0.15, -0.1) is 0 Å². The summed E-state index contributed by atoms with van der Waals surface area (Å²) in [5.74, 6) is -0.479. The SMILES string of the molecule is CS(=O)(=O)N1CC2(CCN(C(=O)[C@@H](Cc3ccc(Cl)cc3)NC(=O)[C@@H]3CN(CC(=O)c4ccccc4)CCN3)CC2)c2ccccc21. The molecule has 6 rings (SSSR count). The minimum atomic E-state index is -3.45. The molecule has 3 aromatic carbocycles. The highest BCUT2D eigenvalue weighted by Crippen LogP contribution is 2.47. The molecule has 248 valence electrons. The average Bonchev–Trinajstić information content (AvgIpc) is 3.40. The van der Waals surface area contributed by atoms with Gasteiger partial charge in [0.15, 0.2) is 5.78 Å². The Labute approximate surface area is 281 Å². The maximum Gasteiger partial charge on any atom is 0.245 e. The van der Waals surface area contributed by atoms with Gasteiger partial charge in [-0.3, -0.25) is 23.6 Å². The smallest absolute Gasteiger partial charge is 0.245 e. The van der Waals surface area contributed by atoms with E-state index in [0.29, 0.717) is 68.4 Å². The number of hydrogen-bond donors (Lipinski definition) is 2. The van der Waals surface area contributed by atoms with E-state index >= 15 is 0 Å². The van der Waals surface area contributed by atoms with Crippen LogP contribution in [0.4, 0.5) is 5.69 Å². The lowest BCUT2D eigenvalue weighted by molar-refractivity contribution is -0.138. The number of benzene rings is 3. The molecule has 3 aliphatic heterocycles. The van der Waals surface area contributed by atoms with Gasteiger partial charge in [0.2, 0.25) is 21.8 Å². The van der Waals surface area contributed by atoms with Crippen LogP contribution in [-0.2, 0) is 31.4 Å². The maximum atomic E-state index is 14.1. The van der Waals surface area contributed by atoms with Crippen molar-refractivity contribution in [2.24, 2.45) is 0 Å². The fourth-order valence-electron chi connectivity index (χ4n) is 7.06. The van der Waals surface area contributed by atoms with Crippen LogP contribution in [0.25, 0.3) is 0 Å². The normalized spacial score (nSPS) is 20.1. The summed E-state index contributed by atoms with van der Waals surface area (Å²) in [6.07, 6.45) is 2.74. The highest BCUT2D eigenvalue weighted by molar-refractivity contribution is 7.92. The number of para-hydroxylation sites is 1. The number of piperazine rings is 1. The number of Topliss-reactive ketones (excluding diaryl/α,β-unsaturated/α-hetero) is 1. The van der Waals surface area contributed by atoms with E-state index in [2.05, 4.69) is 10.6 Å². The molecular weight excluding hydrogens is 638 g/mol. The number of anilines is 1. The third-order valence-corrected chi connectivity index (χ3v) is 11.0. The molecule has 47 heavy (non-hydrogen) atoms. The van der Waals surface area contributed by atoms with Crippen LogP contribution in [0.1, 0.15) is 34.3 Å².